The Morgan fingerprint density at radius 1 is 1.21 bits per heavy atom. The molecule has 2 aromatic rings. The van der Waals surface area contributed by atoms with Crippen molar-refractivity contribution >= 4 is 11.6 Å². The van der Waals surface area contributed by atoms with Crippen LogP contribution in [0.1, 0.15) is 23.6 Å². The molecule has 150 valence electrons. The summed E-state index contributed by atoms with van der Waals surface area (Å²) >= 11 is 0. The van der Waals surface area contributed by atoms with Crippen LogP contribution < -0.4 is 20.3 Å². The molecule has 1 unspecified atom stereocenters. The number of nitrogens with one attached hydrogen (secondary N) is 2. The Bertz CT molecular complexity index is 792. The van der Waals surface area contributed by atoms with E-state index in [9.17, 15) is 9.90 Å². The molecule has 1 atom stereocenters. The summed E-state index contributed by atoms with van der Waals surface area (Å²) in [5.41, 5.74) is 4.42. The molecule has 0 spiro atoms. The average Bonchev–Trinajstić information content (AvgIpc) is 2.70. The molecule has 3 N–H and O–H groups in total. The van der Waals surface area contributed by atoms with Crippen molar-refractivity contribution in [3.05, 3.63) is 59.2 Å². The molecule has 0 bridgehead atoms. The SMILES string of the molecule is CCNCc1ccc(COc2ccc3c(c2)N(C)CC(=O)NC(CO)C3)cc1. The second-order valence-electron chi connectivity index (χ2n) is 7.18. The Labute approximate surface area is 166 Å². The zero-order chi connectivity index (χ0) is 19.9. The lowest BCUT2D eigenvalue weighted by Crippen LogP contribution is -2.46. The Kier molecular flexibility index (Phi) is 6.90. The van der Waals surface area contributed by atoms with Crippen LogP contribution in [0.5, 0.6) is 5.75 Å². The predicted octanol–water partition coefficient (Wildman–Crippen LogP) is 1.84. The second kappa shape index (κ2) is 9.57. The van der Waals surface area contributed by atoms with Gasteiger partial charge in [0.15, 0.2) is 0 Å². The molecule has 1 amide bonds. The molecule has 1 aliphatic rings. The van der Waals surface area contributed by atoms with Gasteiger partial charge in [0, 0.05) is 25.3 Å². The average molecular weight is 383 g/mol. The van der Waals surface area contributed by atoms with Crippen molar-refractivity contribution in [2.45, 2.75) is 32.5 Å². The van der Waals surface area contributed by atoms with Crippen molar-refractivity contribution in [1.82, 2.24) is 10.6 Å². The van der Waals surface area contributed by atoms with Crippen LogP contribution in [-0.4, -0.2) is 43.8 Å². The van der Waals surface area contributed by atoms with Crippen LogP contribution in [0.4, 0.5) is 5.69 Å². The Morgan fingerprint density at radius 3 is 2.68 bits per heavy atom. The maximum Gasteiger partial charge on any atom is 0.239 e. The number of aliphatic hydroxyl groups is 1. The first-order valence-corrected chi connectivity index (χ1v) is 9.74. The minimum atomic E-state index is -0.257. The zero-order valence-corrected chi connectivity index (χ0v) is 16.6. The summed E-state index contributed by atoms with van der Waals surface area (Å²) in [6.45, 7) is 4.59. The first-order valence-electron chi connectivity index (χ1n) is 9.74. The smallest absolute Gasteiger partial charge is 0.239 e. The van der Waals surface area contributed by atoms with Gasteiger partial charge in [0.2, 0.25) is 5.91 Å². The van der Waals surface area contributed by atoms with Crippen molar-refractivity contribution in [1.29, 1.82) is 0 Å². The van der Waals surface area contributed by atoms with Gasteiger partial charge in [0.1, 0.15) is 12.4 Å². The van der Waals surface area contributed by atoms with Gasteiger partial charge in [-0.1, -0.05) is 37.3 Å². The number of anilines is 1. The van der Waals surface area contributed by atoms with Gasteiger partial charge in [0.05, 0.1) is 19.2 Å². The maximum atomic E-state index is 12.0. The first kappa shape index (κ1) is 20.2. The third-order valence-corrected chi connectivity index (χ3v) is 4.91. The Morgan fingerprint density at radius 2 is 1.96 bits per heavy atom. The molecule has 28 heavy (non-hydrogen) atoms. The summed E-state index contributed by atoms with van der Waals surface area (Å²) in [7, 11) is 1.89. The molecular weight excluding hydrogens is 354 g/mol. The summed E-state index contributed by atoms with van der Waals surface area (Å²) in [6.07, 6.45) is 0.593. The third-order valence-electron chi connectivity index (χ3n) is 4.91. The molecule has 1 heterocycles. The molecule has 6 heteroatoms. The summed E-state index contributed by atoms with van der Waals surface area (Å²) in [5, 5.41) is 15.7. The standard InChI is InChI=1S/C22H29N3O3/c1-3-23-12-16-4-6-17(7-5-16)15-28-20-9-8-18-10-19(14-26)24-22(27)13-25(2)21(18)11-20/h4-9,11,19,23,26H,3,10,12-15H2,1-2H3,(H,24,27). The summed E-state index contributed by atoms with van der Waals surface area (Å²) < 4.78 is 5.99. The number of aliphatic hydroxyl groups excluding tert-OH is 1. The zero-order valence-electron chi connectivity index (χ0n) is 16.6. The highest BCUT2D eigenvalue weighted by Gasteiger charge is 2.21. The molecule has 0 saturated heterocycles. The number of hydrogen-bond acceptors (Lipinski definition) is 5. The lowest BCUT2D eigenvalue weighted by atomic mass is 10.0. The largest absolute Gasteiger partial charge is 0.489 e. The molecule has 0 fully saturated rings. The number of carbonyl (C=O) groups is 1. The predicted molar refractivity (Wildman–Crippen MR) is 111 cm³/mol. The highest BCUT2D eigenvalue weighted by Crippen LogP contribution is 2.28. The number of hydrogen-bond donors (Lipinski definition) is 3. The maximum absolute atomic E-state index is 12.0. The first-order chi connectivity index (χ1) is 13.6. The normalized spacial score (nSPS) is 16.8. The summed E-state index contributed by atoms with van der Waals surface area (Å²) in [4.78, 5) is 13.9. The van der Waals surface area contributed by atoms with Crippen LogP contribution in [0.25, 0.3) is 0 Å². The Balaban J connectivity index is 1.68. The van der Waals surface area contributed by atoms with Crippen LogP contribution in [0.3, 0.4) is 0 Å². The molecule has 2 aromatic carbocycles. The molecular formula is C22H29N3O3. The molecule has 0 aliphatic carbocycles. The highest BCUT2D eigenvalue weighted by atomic mass is 16.5. The van der Waals surface area contributed by atoms with E-state index in [0.717, 1.165) is 35.7 Å². The summed E-state index contributed by atoms with van der Waals surface area (Å²) in [6, 6.07) is 14.1. The van der Waals surface area contributed by atoms with Crippen LogP contribution in [0, 0.1) is 0 Å². The minimum Gasteiger partial charge on any atom is -0.489 e. The monoisotopic (exact) mass is 383 g/mol. The van der Waals surface area contributed by atoms with Crippen LogP contribution in [-0.2, 0) is 24.4 Å². The quantitative estimate of drug-likeness (QED) is 0.680. The fourth-order valence-corrected chi connectivity index (χ4v) is 3.35. The van der Waals surface area contributed by atoms with E-state index in [1.165, 1.54) is 5.56 Å². The lowest BCUT2D eigenvalue weighted by molar-refractivity contribution is -0.120. The van der Waals surface area contributed by atoms with Crippen LogP contribution >= 0.6 is 0 Å². The van der Waals surface area contributed by atoms with Gasteiger partial charge in [-0.05, 0) is 35.7 Å². The van der Waals surface area contributed by atoms with Crippen molar-refractivity contribution < 1.29 is 14.6 Å². The van der Waals surface area contributed by atoms with Crippen molar-refractivity contribution in [3.63, 3.8) is 0 Å². The lowest BCUT2D eigenvalue weighted by Gasteiger charge is -2.28. The van der Waals surface area contributed by atoms with Gasteiger partial charge < -0.3 is 25.4 Å². The van der Waals surface area contributed by atoms with Gasteiger partial charge in [0.25, 0.3) is 0 Å². The van der Waals surface area contributed by atoms with Gasteiger partial charge in [-0.2, -0.15) is 0 Å². The topological polar surface area (TPSA) is 73.8 Å². The van der Waals surface area contributed by atoms with Crippen LogP contribution in [0.2, 0.25) is 0 Å². The van der Waals surface area contributed by atoms with Crippen molar-refractivity contribution in [2.75, 3.05) is 31.6 Å². The number of benzene rings is 2. The molecule has 1 aliphatic heterocycles. The number of likely N-dealkylation sites (N-methyl/N-ethyl adjacent to an activating group) is 1. The number of ether oxygens (including phenoxy) is 1. The van der Waals surface area contributed by atoms with E-state index in [1.807, 2.05) is 30.1 Å². The van der Waals surface area contributed by atoms with E-state index in [0.29, 0.717) is 13.0 Å². The Hall–Kier alpha value is -2.57. The van der Waals surface area contributed by atoms with Crippen molar-refractivity contribution in [3.8, 4) is 5.75 Å². The number of carbonyl (C=O) groups excluding carboxylic acids is 1. The number of rotatable bonds is 7. The number of amides is 1. The third kappa shape index (κ3) is 5.24. The molecule has 0 radical (unpaired) electrons. The van der Waals surface area contributed by atoms with E-state index in [2.05, 4.69) is 41.8 Å². The number of nitrogens with zero attached hydrogens (tertiary/aromatic N) is 1. The molecule has 0 saturated carbocycles. The van der Waals surface area contributed by atoms with Gasteiger partial charge in [-0.25, -0.2) is 0 Å². The van der Waals surface area contributed by atoms with E-state index in [4.69, 9.17) is 4.74 Å². The second-order valence-corrected chi connectivity index (χ2v) is 7.18. The fraction of sp³-hybridized carbons (Fsp3) is 0.409. The van der Waals surface area contributed by atoms with Gasteiger partial charge in [-0.15, -0.1) is 0 Å². The molecule has 0 aromatic heterocycles. The van der Waals surface area contributed by atoms with Gasteiger partial charge in [-0.3, -0.25) is 4.79 Å². The molecule has 3 rings (SSSR count). The fourth-order valence-electron chi connectivity index (χ4n) is 3.35. The van der Waals surface area contributed by atoms with E-state index in [-0.39, 0.29) is 25.1 Å². The van der Waals surface area contributed by atoms with E-state index in [1.54, 1.807) is 0 Å². The minimum absolute atomic E-state index is 0.0725. The van der Waals surface area contributed by atoms with Crippen molar-refractivity contribution in [2.24, 2.45) is 0 Å². The van der Waals surface area contributed by atoms with Gasteiger partial charge >= 0.3 is 0 Å². The number of fused-ring (bicyclic) bond motifs is 1. The van der Waals surface area contributed by atoms with E-state index >= 15 is 0 Å². The molecule has 6 nitrogen and oxygen atoms in total. The van der Waals surface area contributed by atoms with Crippen LogP contribution in [0.15, 0.2) is 42.5 Å². The van der Waals surface area contributed by atoms with E-state index < -0.39 is 0 Å². The highest BCUT2D eigenvalue weighted by molar-refractivity contribution is 5.82. The summed E-state index contributed by atoms with van der Waals surface area (Å²) in [5.74, 6) is 0.681.